The Kier molecular flexibility index (Phi) is 2.92. The number of benzene rings is 1. The summed E-state index contributed by atoms with van der Waals surface area (Å²) >= 11 is 0. The fraction of sp³-hybridized carbons (Fsp3) is 0.0769. The summed E-state index contributed by atoms with van der Waals surface area (Å²) in [6.45, 7) is 1.56. The predicted molar refractivity (Wildman–Crippen MR) is 75.1 cm³/mol. The van der Waals surface area contributed by atoms with Gasteiger partial charge in [0.05, 0.1) is 23.0 Å². The first-order valence-corrected chi connectivity index (χ1v) is 7.45. The van der Waals surface area contributed by atoms with E-state index in [4.69, 9.17) is 9.68 Å². The van der Waals surface area contributed by atoms with Gasteiger partial charge in [-0.1, -0.05) is 12.1 Å². The van der Waals surface area contributed by atoms with Crippen molar-refractivity contribution < 1.29 is 12.8 Å². The van der Waals surface area contributed by atoms with E-state index in [1.807, 2.05) is 6.07 Å². The van der Waals surface area contributed by atoms with Gasteiger partial charge in [0.15, 0.2) is 5.89 Å². The summed E-state index contributed by atoms with van der Waals surface area (Å²) in [5, 5.41) is 9.38. The van der Waals surface area contributed by atoms with E-state index in [0.717, 1.165) is 6.20 Å². The maximum Gasteiger partial charge on any atom is 0.297 e. The van der Waals surface area contributed by atoms with Crippen LogP contribution in [0.3, 0.4) is 0 Å². The number of anilines is 1. The van der Waals surface area contributed by atoms with Crippen LogP contribution in [0.2, 0.25) is 0 Å². The number of nitriles is 1. The molecule has 0 aliphatic rings. The number of fused-ring (bicyclic) bond motifs is 1. The average molecular weight is 302 g/mol. The lowest BCUT2D eigenvalue weighted by Gasteiger charge is -2.06. The first-order valence-electron chi connectivity index (χ1n) is 5.97. The predicted octanol–water partition coefficient (Wildman–Crippen LogP) is 2.14. The number of hydrogen-bond acceptors (Lipinski definition) is 5. The minimum absolute atomic E-state index is 0.260. The zero-order chi connectivity index (χ0) is 15.0. The van der Waals surface area contributed by atoms with Crippen molar-refractivity contribution in [3.8, 4) is 6.07 Å². The van der Waals surface area contributed by atoms with Crippen LogP contribution < -0.4 is 4.72 Å². The van der Waals surface area contributed by atoms with Gasteiger partial charge in [-0.25, -0.2) is 4.98 Å². The van der Waals surface area contributed by atoms with Gasteiger partial charge in [0.25, 0.3) is 15.1 Å². The lowest BCUT2D eigenvalue weighted by Crippen LogP contribution is -2.12. The topological polar surface area (TPSA) is 112 Å². The molecule has 0 unspecified atom stereocenters. The molecule has 8 heteroatoms. The molecule has 2 N–H and O–H groups in total. The lowest BCUT2D eigenvalue weighted by atomic mass is 10.2. The van der Waals surface area contributed by atoms with E-state index in [-0.39, 0.29) is 11.0 Å². The van der Waals surface area contributed by atoms with Gasteiger partial charge in [-0.05, 0) is 6.07 Å². The number of para-hydroxylation sites is 1. The Bertz CT molecular complexity index is 963. The maximum absolute atomic E-state index is 12.2. The second-order valence-corrected chi connectivity index (χ2v) is 5.96. The quantitative estimate of drug-likeness (QED) is 0.769. The molecule has 0 atom stereocenters. The molecule has 0 spiro atoms. The highest BCUT2D eigenvalue weighted by molar-refractivity contribution is 7.92. The summed E-state index contributed by atoms with van der Waals surface area (Å²) in [7, 11) is -3.86. The number of rotatable bonds is 3. The lowest BCUT2D eigenvalue weighted by molar-refractivity contribution is 0.424. The Labute approximate surface area is 120 Å². The van der Waals surface area contributed by atoms with E-state index in [1.54, 1.807) is 25.1 Å². The summed E-state index contributed by atoms with van der Waals surface area (Å²) in [5.74, 6) is 0.264. The number of aryl methyl sites for hydroxylation is 1. The van der Waals surface area contributed by atoms with Gasteiger partial charge >= 0.3 is 0 Å². The molecule has 0 aliphatic carbocycles. The van der Waals surface area contributed by atoms with Crippen LogP contribution in [0.25, 0.3) is 10.9 Å². The monoisotopic (exact) mass is 302 g/mol. The van der Waals surface area contributed by atoms with Crippen molar-refractivity contribution in [2.75, 3.05) is 4.72 Å². The Balaban J connectivity index is 2.06. The minimum atomic E-state index is -3.86. The second-order valence-electron chi connectivity index (χ2n) is 4.35. The first kappa shape index (κ1) is 13.2. The molecule has 0 radical (unpaired) electrons. The largest absolute Gasteiger partial charge is 0.428 e. The van der Waals surface area contributed by atoms with Crippen LogP contribution in [0.15, 0.2) is 40.1 Å². The number of H-pyrrole nitrogens is 1. The molecule has 21 heavy (non-hydrogen) atoms. The van der Waals surface area contributed by atoms with Gasteiger partial charge < -0.3 is 9.40 Å². The van der Waals surface area contributed by atoms with Crippen molar-refractivity contribution >= 4 is 26.6 Å². The summed E-state index contributed by atoms with van der Waals surface area (Å²) in [6.07, 6.45) is 2.67. The normalized spacial score (nSPS) is 11.4. The van der Waals surface area contributed by atoms with Crippen molar-refractivity contribution in [2.24, 2.45) is 0 Å². The third-order valence-electron chi connectivity index (χ3n) is 2.95. The van der Waals surface area contributed by atoms with Crippen molar-refractivity contribution in [3.63, 3.8) is 0 Å². The highest BCUT2D eigenvalue weighted by Gasteiger charge is 2.20. The minimum Gasteiger partial charge on any atom is -0.428 e. The first-order chi connectivity index (χ1) is 10.0. The van der Waals surface area contributed by atoms with Gasteiger partial charge in [0, 0.05) is 18.5 Å². The van der Waals surface area contributed by atoms with Crippen LogP contribution in [0.4, 0.5) is 5.69 Å². The molecule has 0 saturated heterocycles. The van der Waals surface area contributed by atoms with Crippen LogP contribution >= 0.6 is 0 Å². The molecule has 0 amide bonds. The number of nitrogens with one attached hydrogen (secondary N) is 2. The smallest absolute Gasteiger partial charge is 0.297 e. The molecule has 0 aliphatic heterocycles. The van der Waals surface area contributed by atoms with E-state index in [2.05, 4.69) is 14.7 Å². The van der Waals surface area contributed by atoms with Gasteiger partial charge in [-0.2, -0.15) is 13.7 Å². The zero-order valence-corrected chi connectivity index (χ0v) is 11.7. The molecule has 7 nitrogen and oxygen atoms in total. The molecular formula is C13H10N4O3S. The number of hydrogen-bond donors (Lipinski definition) is 2. The molecule has 1 aromatic carbocycles. The van der Waals surface area contributed by atoms with Crippen LogP contribution in [0, 0.1) is 18.3 Å². The molecule has 2 aromatic heterocycles. The Morgan fingerprint density at radius 3 is 2.90 bits per heavy atom. The van der Waals surface area contributed by atoms with E-state index in [0.29, 0.717) is 22.2 Å². The zero-order valence-electron chi connectivity index (χ0n) is 10.9. The Morgan fingerprint density at radius 1 is 1.43 bits per heavy atom. The highest BCUT2D eigenvalue weighted by atomic mass is 32.2. The third kappa shape index (κ3) is 2.23. The number of nitrogens with zero attached hydrogens (tertiary/aromatic N) is 2. The van der Waals surface area contributed by atoms with Gasteiger partial charge in [-0.15, -0.1) is 0 Å². The third-order valence-corrected chi connectivity index (χ3v) is 4.15. The van der Waals surface area contributed by atoms with Gasteiger partial charge in [0.2, 0.25) is 0 Å². The van der Waals surface area contributed by atoms with Crippen LogP contribution in [0.1, 0.15) is 11.5 Å². The van der Waals surface area contributed by atoms with Crippen LogP contribution in [0.5, 0.6) is 0 Å². The van der Waals surface area contributed by atoms with E-state index in [9.17, 15) is 8.42 Å². The summed E-state index contributed by atoms with van der Waals surface area (Å²) in [4.78, 5) is 6.66. The Morgan fingerprint density at radius 2 is 2.24 bits per heavy atom. The summed E-state index contributed by atoms with van der Waals surface area (Å²) in [6, 6.07) is 7.04. The fourth-order valence-corrected chi connectivity index (χ4v) is 2.98. The van der Waals surface area contributed by atoms with Crippen LogP contribution in [-0.4, -0.2) is 18.4 Å². The molecular weight excluding hydrogens is 292 g/mol. The van der Waals surface area contributed by atoms with Crippen molar-refractivity contribution in [1.82, 2.24) is 9.97 Å². The maximum atomic E-state index is 12.2. The number of oxazole rings is 1. The van der Waals surface area contributed by atoms with Crippen molar-refractivity contribution in [2.45, 2.75) is 12.0 Å². The average Bonchev–Trinajstić information content (AvgIpc) is 3.05. The SMILES string of the molecule is Cc1ncc(S(=O)(=O)Nc2cccc3c(C#N)c[nH]c23)o1. The highest BCUT2D eigenvalue weighted by Crippen LogP contribution is 2.27. The number of aromatic nitrogens is 2. The summed E-state index contributed by atoms with van der Waals surface area (Å²) in [5.41, 5.74) is 1.32. The second kappa shape index (κ2) is 4.64. The van der Waals surface area contributed by atoms with Gasteiger partial charge in [-0.3, -0.25) is 4.72 Å². The molecule has 2 heterocycles. The van der Waals surface area contributed by atoms with Crippen molar-refractivity contribution in [1.29, 1.82) is 5.26 Å². The van der Waals surface area contributed by atoms with E-state index >= 15 is 0 Å². The Hall–Kier alpha value is -2.79. The fourth-order valence-electron chi connectivity index (χ4n) is 1.99. The van der Waals surface area contributed by atoms with Crippen molar-refractivity contribution in [3.05, 3.63) is 42.0 Å². The van der Waals surface area contributed by atoms with Gasteiger partial charge in [0.1, 0.15) is 6.07 Å². The summed E-state index contributed by atoms with van der Waals surface area (Å²) < 4.78 is 31.9. The van der Waals surface area contributed by atoms with E-state index in [1.165, 1.54) is 6.20 Å². The molecule has 0 saturated carbocycles. The molecule has 3 rings (SSSR count). The number of aromatic amines is 1. The standard InChI is InChI=1S/C13H10N4O3S/c1-8-15-7-12(20-8)21(18,19)17-11-4-2-3-10-9(5-14)6-16-13(10)11/h2-4,6-7,16-17H,1H3. The van der Waals surface area contributed by atoms with E-state index < -0.39 is 10.0 Å². The van der Waals surface area contributed by atoms with Crippen LogP contribution in [-0.2, 0) is 10.0 Å². The molecule has 106 valence electrons. The molecule has 0 fully saturated rings. The molecule has 0 bridgehead atoms. The number of sulfonamides is 1. The molecule has 3 aromatic rings.